The van der Waals surface area contributed by atoms with Crippen molar-refractivity contribution in [3.05, 3.63) is 12.2 Å². The van der Waals surface area contributed by atoms with Crippen molar-refractivity contribution in [1.82, 2.24) is 19.5 Å². The number of imidazole rings is 1. The summed E-state index contributed by atoms with van der Waals surface area (Å²) in [5, 5.41) is 29.1. The Hall–Kier alpha value is -2.25. The fourth-order valence-corrected chi connectivity index (χ4v) is 2.36. The molecule has 110 valence electrons. The molecule has 0 spiro atoms. The number of fused-ring (bicyclic) bond motifs is 1. The summed E-state index contributed by atoms with van der Waals surface area (Å²) in [6, 6.07) is 0. The number of anilines is 1. The molecule has 4 atom stereocenters. The van der Waals surface area contributed by atoms with Gasteiger partial charge in [0.1, 0.15) is 24.6 Å². The number of aliphatic hydroxyl groups is 3. The van der Waals surface area contributed by atoms with Crippen molar-refractivity contribution < 1.29 is 20.1 Å². The van der Waals surface area contributed by atoms with E-state index in [0.717, 1.165) is 0 Å². The van der Waals surface area contributed by atoms with Crippen LogP contribution in [-0.2, 0) is 4.74 Å². The first-order valence-corrected chi connectivity index (χ1v) is 6.16. The Labute approximate surface area is 119 Å². The van der Waals surface area contributed by atoms with Crippen molar-refractivity contribution in [1.29, 1.82) is 0 Å². The van der Waals surface area contributed by atoms with Crippen molar-refractivity contribution in [3.8, 4) is 12.3 Å². The molecule has 5 N–H and O–H groups in total. The molecule has 1 saturated heterocycles. The number of nitrogens with two attached hydrogens (primary N) is 1. The SMILES string of the molecule is C#Cc1nc2c(N)ncnc2n1[C@@H]1O[C@H](CO)[C@@H](O)[C@H]1O. The normalized spacial score (nSPS) is 28.9. The third-order valence-electron chi connectivity index (χ3n) is 3.41. The highest BCUT2D eigenvalue weighted by Gasteiger charge is 2.44. The summed E-state index contributed by atoms with van der Waals surface area (Å²) in [7, 11) is 0. The Kier molecular flexibility index (Phi) is 3.23. The van der Waals surface area contributed by atoms with Crippen LogP contribution in [0.1, 0.15) is 12.1 Å². The van der Waals surface area contributed by atoms with Crippen molar-refractivity contribution in [3.63, 3.8) is 0 Å². The van der Waals surface area contributed by atoms with E-state index < -0.39 is 31.1 Å². The van der Waals surface area contributed by atoms with Crippen LogP contribution in [0.5, 0.6) is 0 Å². The summed E-state index contributed by atoms with van der Waals surface area (Å²) >= 11 is 0. The molecule has 21 heavy (non-hydrogen) atoms. The number of aliphatic hydroxyl groups excluding tert-OH is 3. The molecule has 0 aliphatic carbocycles. The summed E-state index contributed by atoms with van der Waals surface area (Å²) in [6.45, 7) is -0.441. The summed E-state index contributed by atoms with van der Waals surface area (Å²) in [4.78, 5) is 12.0. The van der Waals surface area contributed by atoms with Gasteiger partial charge in [0.2, 0.25) is 0 Å². The van der Waals surface area contributed by atoms with Gasteiger partial charge in [0.25, 0.3) is 0 Å². The zero-order valence-corrected chi connectivity index (χ0v) is 10.8. The number of hydrogen-bond acceptors (Lipinski definition) is 8. The van der Waals surface area contributed by atoms with E-state index in [4.69, 9.17) is 22.0 Å². The van der Waals surface area contributed by atoms with Gasteiger partial charge in [-0.3, -0.25) is 4.57 Å². The Morgan fingerprint density at radius 3 is 2.76 bits per heavy atom. The maximum atomic E-state index is 10.1. The Balaban J connectivity index is 2.17. The van der Waals surface area contributed by atoms with E-state index in [1.807, 2.05) is 0 Å². The van der Waals surface area contributed by atoms with Crippen LogP contribution in [0, 0.1) is 12.3 Å². The average molecular weight is 291 g/mol. The maximum absolute atomic E-state index is 10.1. The molecule has 3 heterocycles. The predicted octanol–water partition coefficient (Wildman–Crippen LogP) is -2.00. The molecular weight excluding hydrogens is 278 g/mol. The fourth-order valence-electron chi connectivity index (χ4n) is 2.36. The van der Waals surface area contributed by atoms with Crippen LogP contribution in [0.15, 0.2) is 6.33 Å². The molecule has 9 heteroatoms. The lowest BCUT2D eigenvalue weighted by Crippen LogP contribution is -2.33. The van der Waals surface area contributed by atoms with Gasteiger partial charge in [-0.05, 0) is 5.92 Å². The number of nitrogen functional groups attached to an aromatic ring is 1. The monoisotopic (exact) mass is 291 g/mol. The molecule has 3 rings (SSSR count). The first kappa shape index (κ1) is 13.7. The standard InChI is InChI=1S/C12H13N5O4/c1-2-6-16-7-10(13)14-4-15-11(7)17(6)12-9(20)8(19)5(3-18)21-12/h1,4-5,8-9,12,18-20H,3H2,(H2,13,14,15)/t5-,8-,9-,12-/m1/s1. The number of aromatic nitrogens is 4. The van der Waals surface area contributed by atoms with Gasteiger partial charge in [-0.25, -0.2) is 15.0 Å². The van der Waals surface area contributed by atoms with Crippen molar-refractivity contribution in [2.24, 2.45) is 0 Å². The van der Waals surface area contributed by atoms with E-state index in [1.165, 1.54) is 10.9 Å². The summed E-state index contributed by atoms with van der Waals surface area (Å²) < 4.78 is 6.80. The fraction of sp³-hybridized carbons (Fsp3) is 0.417. The number of ether oxygens (including phenoxy) is 1. The van der Waals surface area contributed by atoms with Crippen LogP contribution in [0.3, 0.4) is 0 Å². The Morgan fingerprint density at radius 2 is 2.14 bits per heavy atom. The number of terminal acetylenes is 1. The van der Waals surface area contributed by atoms with Crippen LogP contribution in [0.2, 0.25) is 0 Å². The van der Waals surface area contributed by atoms with Gasteiger partial charge < -0.3 is 25.8 Å². The molecule has 0 saturated carbocycles. The molecule has 2 aromatic heterocycles. The Bertz CT molecular complexity index is 724. The molecule has 0 bridgehead atoms. The van der Waals surface area contributed by atoms with Gasteiger partial charge in [-0.1, -0.05) is 0 Å². The first-order chi connectivity index (χ1) is 10.1. The van der Waals surface area contributed by atoms with Crippen molar-refractivity contribution in [2.45, 2.75) is 24.5 Å². The molecule has 0 amide bonds. The van der Waals surface area contributed by atoms with Crippen LogP contribution in [0.4, 0.5) is 5.82 Å². The lowest BCUT2D eigenvalue weighted by Gasteiger charge is -2.17. The van der Waals surface area contributed by atoms with Crippen LogP contribution in [0.25, 0.3) is 11.2 Å². The highest BCUT2D eigenvalue weighted by molar-refractivity contribution is 5.82. The lowest BCUT2D eigenvalue weighted by atomic mass is 10.1. The maximum Gasteiger partial charge on any atom is 0.189 e. The highest BCUT2D eigenvalue weighted by Crippen LogP contribution is 2.33. The van der Waals surface area contributed by atoms with Gasteiger partial charge in [0, 0.05) is 0 Å². The molecule has 0 aromatic carbocycles. The van der Waals surface area contributed by atoms with Crippen LogP contribution in [-0.4, -0.2) is 59.8 Å². The molecule has 0 radical (unpaired) electrons. The van der Waals surface area contributed by atoms with E-state index >= 15 is 0 Å². The van der Waals surface area contributed by atoms with Crippen LogP contribution < -0.4 is 5.73 Å². The largest absolute Gasteiger partial charge is 0.394 e. The third kappa shape index (κ3) is 1.93. The number of nitrogens with zero attached hydrogens (tertiary/aromatic N) is 4. The minimum Gasteiger partial charge on any atom is -0.394 e. The van der Waals surface area contributed by atoms with E-state index in [1.54, 1.807) is 0 Å². The Morgan fingerprint density at radius 1 is 1.38 bits per heavy atom. The van der Waals surface area contributed by atoms with Gasteiger partial charge in [-0.2, -0.15) is 0 Å². The number of rotatable bonds is 2. The van der Waals surface area contributed by atoms with Crippen molar-refractivity contribution in [2.75, 3.05) is 12.3 Å². The summed E-state index contributed by atoms with van der Waals surface area (Å²) in [5.74, 6) is 2.62. The predicted molar refractivity (Wildman–Crippen MR) is 70.7 cm³/mol. The zero-order chi connectivity index (χ0) is 15.1. The molecule has 0 unspecified atom stereocenters. The van der Waals surface area contributed by atoms with E-state index in [0.29, 0.717) is 0 Å². The minimum absolute atomic E-state index is 0.132. The van der Waals surface area contributed by atoms with Gasteiger partial charge in [0.15, 0.2) is 29.0 Å². The molecular formula is C12H13N5O4. The van der Waals surface area contributed by atoms with Gasteiger partial charge >= 0.3 is 0 Å². The van der Waals surface area contributed by atoms with E-state index in [2.05, 4.69) is 20.9 Å². The summed E-state index contributed by atoms with van der Waals surface area (Å²) in [5.41, 5.74) is 6.28. The second-order valence-corrected chi connectivity index (χ2v) is 4.61. The average Bonchev–Trinajstić information content (AvgIpc) is 2.99. The third-order valence-corrected chi connectivity index (χ3v) is 3.41. The summed E-state index contributed by atoms with van der Waals surface area (Å²) in [6.07, 6.45) is 2.16. The minimum atomic E-state index is -1.29. The molecule has 2 aromatic rings. The van der Waals surface area contributed by atoms with Crippen molar-refractivity contribution >= 4 is 17.0 Å². The second kappa shape index (κ2) is 4.94. The second-order valence-electron chi connectivity index (χ2n) is 4.61. The zero-order valence-electron chi connectivity index (χ0n) is 10.8. The van der Waals surface area contributed by atoms with Gasteiger partial charge in [-0.15, -0.1) is 6.42 Å². The molecule has 1 aliphatic rings. The smallest absolute Gasteiger partial charge is 0.189 e. The van der Waals surface area contributed by atoms with Gasteiger partial charge in [0.05, 0.1) is 6.61 Å². The van der Waals surface area contributed by atoms with Crippen LogP contribution >= 0.6 is 0 Å². The molecule has 9 nitrogen and oxygen atoms in total. The number of hydrogen-bond donors (Lipinski definition) is 4. The lowest BCUT2D eigenvalue weighted by molar-refractivity contribution is -0.0514. The van der Waals surface area contributed by atoms with E-state index in [-0.39, 0.29) is 22.8 Å². The molecule has 1 aliphatic heterocycles. The van der Waals surface area contributed by atoms with E-state index in [9.17, 15) is 10.2 Å². The molecule has 1 fully saturated rings. The topological polar surface area (TPSA) is 140 Å². The highest BCUT2D eigenvalue weighted by atomic mass is 16.6. The quantitative estimate of drug-likeness (QED) is 0.466. The first-order valence-electron chi connectivity index (χ1n) is 6.16.